The molecule has 0 fully saturated rings. The predicted octanol–water partition coefficient (Wildman–Crippen LogP) is 0.584. The molecule has 0 saturated heterocycles. The van der Waals surface area contributed by atoms with Gasteiger partial charge in [0, 0.05) is 26.7 Å². The summed E-state index contributed by atoms with van der Waals surface area (Å²) in [6.45, 7) is 0. The first-order valence-corrected chi connectivity index (χ1v) is 7.32. The Labute approximate surface area is 141 Å². The molecule has 3 aromatic rings. The van der Waals surface area contributed by atoms with E-state index in [2.05, 4.69) is 4.98 Å². The van der Waals surface area contributed by atoms with Crippen LogP contribution in [0.25, 0.3) is 11.2 Å². The summed E-state index contributed by atoms with van der Waals surface area (Å²) in [7, 11) is 5.99. The zero-order chi connectivity index (χ0) is 18.3. The number of ether oxygens (including phenoxy) is 2. The van der Waals surface area contributed by atoms with Gasteiger partial charge in [-0.25, -0.2) is 4.79 Å². The first kappa shape index (κ1) is 16.5. The molecule has 0 N–H and O–H groups in total. The maximum atomic E-state index is 12.4. The van der Waals surface area contributed by atoms with Gasteiger partial charge in [-0.3, -0.25) is 23.3 Å². The van der Waals surface area contributed by atoms with Gasteiger partial charge >= 0.3 is 11.7 Å². The third kappa shape index (κ3) is 2.49. The van der Waals surface area contributed by atoms with E-state index in [1.807, 2.05) is 0 Å². The van der Waals surface area contributed by atoms with Crippen molar-refractivity contribution in [3.8, 4) is 17.5 Å². The Bertz CT molecular complexity index is 1110. The van der Waals surface area contributed by atoms with Crippen molar-refractivity contribution < 1.29 is 14.3 Å². The Balaban J connectivity index is 2.19. The van der Waals surface area contributed by atoms with Gasteiger partial charge in [-0.1, -0.05) is 0 Å². The van der Waals surface area contributed by atoms with Crippen LogP contribution in [0.4, 0.5) is 0 Å². The number of benzene rings is 1. The van der Waals surface area contributed by atoms with Crippen LogP contribution in [0, 0.1) is 0 Å². The standard InChI is InChI=1S/C16H16N4O5/c1-18-12-13(19(2)16(23)20(3)14(12)22)17-15(18)25-10-6-5-9(8-21)7-11(10)24-4/h5-8H,1-4H3. The average Bonchev–Trinajstić information content (AvgIpc) is 2.95. The first-order valence-electron chi connectivity index (χ1n) is 7.32. The third-order valence-electron chi connectivity index (χ3n) is 3.96. The fourth-order valence-electron chi connectivity index (χ4n) is 2.53. The first-order chi connectivity index (χ1) is 11.9. The topological polar surface area (TPSA) is 97.4 Å². The van der Waals surface area contributed by atoms with Crippen molar-refractivity contribution in [1.82, 2.24) is 18.7 Å². The highest BCUT2D eigenvalue weighted by Crippen LogP contribution is 2.32. The smallest absolute Gasteiger partial charge is 0.332 e. The van der Waals surface area contributed by atoms with Crippen LogP contribution < -0.4 is 20.7 Å². The zero-order valence-corrected chi connectivity index (χ0v) is 14.1. The van der Waals surface area contributed by atoms with Crippen molar-refractivity contribution in [1.29, 1.82) is 0 Å². The van der Waals surface area contributed by atoms with Gasteiger partial charge in [0.2, 0.25) is 0 Å². The molecule has 1 aromatic carbocycles. The summed E-state index contributed by atoms with van der Waals surface area (Å²) in [5.74, 6) is 0.673. The second kappa shape index (κ2) is 5.93. The van der Waals surface area contributed by atoms with E-state index in [-0.39, 0.29) is 17.2 Å². The van der Waals surface area contributed by atoms with Gasteiger partial charge in [0.1, 0.15) is 6.29 Å². The van der Waals surface area contributed by atoms with Gasteiger partial charge in [-0.2, -0.15) is 4.98 Å². The second-order valence-electron chi connectivity index (χ2n) is 5.46. The van der Waals surface area contributed by atoms with Gasteiger partial charge in [0.05, 0.1) is 7.11 Å². The molecule has 0 saturated carbocycles. The monoisotopic (exact) mass is 344 g/mol. The molecule has 25 heavy (non-hydrogen) atoms. The Kier molecular flexibility index (Phi) is 3.91. The number of methoxy groups -OCH3 is 1. The van der Waals surface area contributed by atoms with Crippen molar-refractivity contribution in [2.24, 2.45) is 21.1 Å². The summed E-state index contributed by atoms with van der Waals surface area (Å²) in [6, 6.07) is 4.78. The summed E-state index contributed by atoms with van der Waals surface area (Å²) in [6.07, 6.45) is 0.695. The molecule has 3 rings (SSSR count). The highest BCUT2D eigenvalue weighted by Gasteiger charge is 2.19. The lowest BCUT2D eigenvalue weighted by molar-refractivity contribution is 0.112. The van der Waals surface area contributed by atoms with E-state index in [1.54, 1.807) is 19.2 Å². The fourth-order valence-corrected chi connectivity index (χ4v) is 2.53. The average molecular weight is 344 g/mol. The molecule has 2 aromatic heterocycles. The van der Waals surface area contributed by atoms with Crippen LogP contribution in [-0.2, 0) is 21.1 Å². The van der Waals surface area contributed by atoms with Gasteiger partial charge in [-0.05, 0) is 18.2 Å². The summed E-state index contributed by atoms with van der Waals surface area (Å²) in [5.41, 5.74) is -0.0519. The van der Waals surface area contributed by atoms with Crippen LogP contribution in [0.1, 0.15) is 10.4 Å². The maximum Gasteiger partial charge on any atom is 0.332 e. The molecular weight excluding hydrogens is 328 g/mol. The van der Waals surface area contributed by atoms with E-state index in [1.165, 1.54) is 36.4 Å². The van der Waals surface area contributed by atoms with Gasteiger partial charge in [0.25, 0.3) is 5.56 Å². The summed E-state index contributed by atoms with van der Waals surface area (Å²) in [4.78, 5) is 39.5. The summed E-state index contributed by atoms with van der Waals surface area (Å²) in [5, 5.41) is 0. The minimum absolute atomic E-state index is 0.116. The van der Waals surface area contributed by atoms with Crippen LogP contribution in [0.5, 0.6) is 17.5 Å². The minimum atomic E-state index is -0.477. The number of carbonyl (C=O) groups is 1. The largest absolute Gasteiger partial charge is 0.493 e. The number of carbonyl (C=O) groups excluding carboxylic acids is 1. The van der Waals surface area contributed by atoms with Crippen LogP contribution in [-0.4, -0.2) is 32.1 Å². The molecule has 9 heteroatoms. The lowest BCUT2D eigenvalue weighted by Crippen LogP contribution is -2.37. The SMILES string of the molecule is COc1cc(C=O)ccc1Oc1nc2c(c(=O)n(C)c(=O)n2C)n1C. The third-order valence-corrected chi connectivity index (χ3v) is 3.96. The molecule has 0 aliphatic rings. The number of aromatic nitrogens is 4. The quantitative estimate of drug-likeness (QED) is 0.643. The van der Waals surface area contributed by atoms with Crippen LogP contribution >= 0.6 is 0 Å². The summed E-state index contributed by atoms with van der Waals surface area (Å²) >= 11 is 0. The Morgan fingerprint density at radius 1 is 1.04 bits per heavy atom. The minimum Gasteiger partial charge on any atom is -0.493 e. The van der Waals surface area contributed by atoms with Crippen molar-refractivity contribution in [2.45, 2.75) is 0 Å². The highest BCUT2D eigenvalue weighted by molar-refractivity contribution is 5.76. The lowest BCUT2D eigenvalue weighted by atomic mass is 10.2. The molecule has 0 unspecified atom stereocenters. The highest BCUT2D eigenvalue weighted by atomic mass is 16.5. The number of rotatable bonds is 4. The lowest BCUT2D eigenvalue weighted by Gasteiger charge is -2.09. The van der Waals surface area contributed by atoms with Crippen LogP contribution in [0.2, 0.25) is 0 Å². The molecule has 0 amide bonds. The Morgan fingerprint density at radius 3 is 2.40 bits per heavy atom. The van der Waals surface area contributed by atoms with Crippen molar-refractivity contribution >= 4 is 17.5 Å². The summed E-state index contributed by atoms with van der Waals surface area (Å²) < 4.78 is 14.7. The van der Waals surface area contributed by atoms with Gasteiger partial charge in [-0.15, -0.1) is 0 Å². The predicted molar refractivity (Wildman–Crippen MR) is 89.7 cm³/mol. The molecule has 0 radical (unpaired) electrons. The molecule has 0 atom stereocenters. The van der Waals surface area contributed by atoms with Crippen molar-refractivity contribution in [3.63, 3.8) is 0 Å². The van der Waals surface area contributed by atoms with Crippen LogP contribution in [0.3, 0.4) is 0 Å². The maximum absolute atomic E-state index is 12.4. The van der Waals surface area contributed by atoms with E-state index in [9.17, 15) is 14.4 Å². The molecule has 2 heterocycles. The van der Waals surface area contributed by atoms with E-state index in [0.717, 1.165) is 4.57 Å². The molecular formula is C16H16N4O5. The molecule has 130 valence electrons. The number of aldehydes is 1. The number of hydrogen-bond donors (Lipinski definition) is 0. The molecule has 0 spiro atoms. The zero-order valence-electron chi connectivity index (χ0n) is 14.1. The second-order valence-corrected chi connectivity index (χ2v) is 5.46. The molecule has 0 aliphatic heterocycles. The normalized spacial score (nSPS) is 10.9. The Hall–Kier alpha value is -3.36. The van der Waals surface area contributed by atoms with E-state index in [0.29, 0.717) is 23.3 Å². The molecule has 0 aliphatic carbocycles. The number of fused-ring (bicyclic) bond motifs is 1. The number of aryl methyl sites for hydroxylation is 2. The molecule has 9 nitrogen and oxygen atoms in total. The van der Waals surface area contributed by atoms with E-state index >= 15 is 0 Å². The number of hydrogen-bond acceptors (Lipinski definition) is 6. The number of imidazole rings is 1. The Morgan fingerprint density at radius 2 is 1.76 bits per heavy atom. The fraction of sp³-hybridized carbons (Fsp3) is 0.250. The number of nitrogens with zero attached hydrogens (tertiary/aromatic N) is 4. The van der Waals surface area contributed by atoms with Crippen LogP contribution in [0.15, 0.2) is 27.8 Å². The van der Waals surface area contributed by atoms with Gasteiger partial charge < -0.3 is 9.47 Å². The molecule has 0 bridgehead atoms. The van der Waals surface area contributed by atoms with E-state index < -0.39 is 11.2 Å². The van der Waals surface area contributed by atoms with E-state index in [4.69, 9.17) is 9.47 Å². The van der Waals surface area contributed by atoms with Gasteiger partial charge in [0.15, 0.2) is 22.7 Å². The van der Waals surface area contributed by atoms with Crippen molar-refractivity contribution in [3.05, 3.63) is 44.6 Å². The van der Waals surface area contributed by atoms with Crippen molar-refractivity contribution in [2.75, 3.05) is 7.11 Å².